The minimum absolute atomic E-state index is 0.0212. The van der Waals surface area contributed by atoms with Crippen molar-refractivity contribution in [2.75, 3.05) is 19.6 Å². The van der Waals surface area contributed by atoms with Crippen LogP contribution in [0.5, 0.6) is 0 Å². The fourth-order valence-corrected chi connectivity index (χ4v) is 2.68. The first-order valence-corrected chi connectivity index (χ1v) is 8.54. The fourth-order valence-electron chi connectivity index (χ4n) is 2.68. The largest absolute Gasteiger partial charge is 0.361 e. The lowest BCUT2D eigenvalue weighted by Gasteiger charge is -2.22. The molecular formula is C19H27N3O2. The number of H-pyrrole nitrogens is 1. The molecule has 2 N–H and O–H groups in total. The highest BCUT2D eigenvalue weighted by molar-refractivity contribution is 5.88. The van der Waals surface area contributed by atoms with Crippen LogP contribution in [0.3, 0.4) is 0 Å². The molecule has 1 heterocycles. The average Bonchev–Trinajstić information content (AvgIpc) is 2.93. The Bertz CT molecular complexity index is 691. The molecule has 130 valence electrons. The summed E-state index contributed by atoms with van der Waals surface area (Å²) in [6.07, 6.45) is 3.20. The molecule has 0 fully saturated rings. The summed E-state index contributed by atoms with van der Waals surface area (Å²) in [7, 11) is 0. The highest BCUT2D eigenvalue weighted by Gasteiger charge is 2.11. The molecule has 0 unspecified atom stereocenters. The van der Waals surface area contributed by atoms with Crippen molar-refractivity contribution in [2.45, 2.75) is 33.6 Å². The molecule has 0 spiro atoms. The number of amides is 2. The number of carbonyl (C=O) groups is 2. The summed E-state index contributed by atoms with van der Waals surface area (Å²) in [5.41, 5.74) is 2.03. The number of nitrogens with one attached hydrogen (secondary N) is 2. The van der Waals surface area contributed by atoms with E-state index in [0.29, 0.717) is 25.4 Å². The van der Waals surface area contributed by atoms with Crippen molar-refractivity contribution in [1.82, 2.24) is 15.2 Å². The number of hydrogen-bond donors (Lipinski definition) is 2. The number of fused-ring (bicyclic) bond motifs is 1. The van der Waals surface area contributed by atoms with E-state index in [1.165, 1.54) is 0 Å². The summed E-state index contributed by atoms with van der Waals surface area (Å²) in [6.45, 7) is 7.64. The molecule has 0 radical (unpaired) electrons. The summed E-state index contributed by atoms with van der Waals surface area (Å²) in [5.74, 6) is 0.594. The number of aromatic nitrogens is 1. The maximum absolute atomic E-state index is 12.1. The third kappa shape index (κ3) is 5.11. The third-order valence-corrected chi connectivity index (χ3v) is 4.15. The Morgan fingerprint density at radius 3 is 2.67 bits per heavy atom. The molecule has 0 aliphatic rings. The number of hydrogen-bond acceptors (Lipinski definition) is 2. The SMILES string of the molecule is CC(=O)N(CCNC(=O)Cc1c[nH]c2ccccc12)CCC(C)C. The van der Waals surface area contributed by atoms with E-state index in [2.05, 4.69) is 24.1 Å². The van der Waals surface area contributed by atoms with E-state index >= 15 is 0 Å². The number of para-hydroxylation sites is 1. The second-order valence-electron chi connectivity index (χ2n) is 6.57. The van der Waals surface area contributed by atoms with Crippen molar-refractivity contribution in [3.63, 3.8) is 0 Å². The molecule has 0 aliphatic carbocycles. The third-order valence-electron chi connectivity index (χ3n) is 4.15. The first-order valence-electron chi connectivity index (χ1n) is 8.54. The molecule has 5 heteroatoms. The number of carbonyl (C=O) groups excluding carboxylic acids is 2. The number of rotatable bonds is 8. The van der Waals surface area contributed by atoms with Crippen LogP contribution >= 0.6 is 0 Å². The van der Waals surface area contributed by atoms with Crippen LogP contribution < -0.4 is 5.32 Å². The summed E-state index contributed by atoms with van der Waals surface area (Å²) < 4.78 is 0. The first-order chi connectivity index (χ1) is 11.5. The van der Waals surface area contributed by atoms with Gasteiger partial charge in [-0.1, -0.05) is 32.0 Å². The Kier molecular flexibility index (Phi) is 6.41. The summed E-state index contributed by atoms with van der Waals surface area (Å²) in [5, 5.41) is 3.99. The minimum atomic E-state index is -0.0212. The number of aromatic amines is 1. The van der Waals surface area contributed by atoms with Gasteiger partial charge < -0.3 is 15.2 Å². The predicted octanol–water partition coefficient (Wildman–Crippen LogP) is 2.72. The first kappa shape index (κ1) is 18.0. The van der Waals surface area contributed by atoms with E-state index in [4.69, 9.17) is 0 Å². The lowest BCUT2D eigenvalue weighted by Crippen LogP contribution is -2.38. The zero-order valence-corrected chi connectivity index (χ0v) is 14.8. The Morgan fingerprint density at radius 2 is 1.96 bits per heavy atom. The second-order valence-corrected chi connectivity index (χ2v) is 6.57. The van der Waals surface area contributed by atoms with Gasteiger partial charge in [-0.3, -0.25) is 9.59 Å². The van der Waals surface area contributed by atoms with E-state index < -0.39 is 0 Å². The van der Waals surface area contributed by atoms with Crippen molar-refractivity contribution in [2.24, 2.45) is 5.92 Å². The minimum Gasteiger partial charge on any atom is -0.361 e. The van der Waals surface area contributed by atoms with Crippen LogP contribution in [-0.4, -0.2) is 41.3 Å². The lowest BCUT2D eigenvalue weighted by atomic mass is 10.1. The Hall–Kier alpha value is -2.30. The molecule has 0 bridgehead atoms. The lowest BCUT2D eigenvalue weighted by molar-refractivity contribution is -0.129. The van der Waals surface area contributed by atoms with E-state index in [0.717, 1.165) is 29.4 Å². The van der Waals surface area contributed by atoms with Crippen LogP contribution in [0.15, 0.2) is 30.5 Å². The van der Waals surface area contributed by atoms with Gasteiger partial charge in [0.25, 0.3) is 0 Å². The molecule has 0 saturated carbocycles. The van der Waals surface area contributed by atoms with E-state index in [1.807, 2.05) is 30.5 Å². The van der Waals surface area contributed by atoms with Crippen molar-refractivity contribution in [3.8, 4) is 0 Å². The van der Waals surface area contributed by atoms with Crippen molar-refractivity contribution in [1.29, 1.82) is 0 Å². The molecule has 0 atom stereocenters. The van der Waals surface area contributed by atoms with E-state index in [9.17, 15) is 9.59 Å². The van der Waals surface area contributed by atoms with Gasteiger partial charge in [-0.15, -0.1) is 0 Å². The standard InChI is InChI=1S/C19H27N3O2/c1-14(2)8-10-22(15(3)23)11-9-20-19(24)12-16-13-21-18-7-5-4-6-17(16)18/h4-7,13-14,21H,8-12H2,1-3H3,(H,20,24). The molecule has 1 aromatic heterocycles. The van der Waals surface area contributed by atoms with Crippen LogP contribution in [0.2, 0.25) is 0 Å². The fraction of sp³-hybridized carbons (Fsp3) is 0.474. The molecule has 1 aromatic carbocycles. The Labute approximate surface area is 143 Å². The van der Waals surface area contributed by atoms with Gasteiger partial charge in [0.05, 0.1) is 6.42 Å². The van der Waals surface area contributed by atoms with Crippen LogP contribution in [0.4, 0.5) is 0 Å². The number of nitrogens with zero attached hydrogens (tertiary/aromatic N) is 1. The van der Waals surface area contributed by atoms with Gasteiger partial charge in [-0.25, -0.2) is 0 Å². The van der Waals surface area contributed by atoms with Crippen molar-refractivity contribution >= 4 is 22.7 Å². The molecule has 0 saturated heterocycles. The van der Waals surface area contributed by atoms with Crippen LogP contribution in [0.25, 0.3) is 10.9 Å². The molecule has 2 rings (SSSR count). The molecular weight excluding hydrogens is 302 g/mol. The summed E-state index contributed by atoms with van der Waals surface area (Å²) in [6, 6.07) is 7.95. The Balaban J connectivity index is 1.81. The Morgan fingerprint density at radius 1 is 1.21 bits per heavy atom. The van der Waals surface area contributed by atoms with E-state index in [-0.39, 0.29) is 11.8 Å². The molecule has 0 aliphatic heterocycles. The normalized spacial score (nSPS) is 11.0. The van der Waals surface area contributed by atoms with Crippen LogP contribution in [0.1, 0.15) is 32.8 Å². The topological polar surface area (TPSA) is 65.2 Å². The highest BCUT2D eigenvalue weighted by Crippen LogP contribution is 2.17. The van der Waals surface area contributed by atoms with E-state index in [1.54, 1.807) is 11.8 Å². The second kappa shape index (κ2) is 8.52. The van der Waals surface area contributed by atoms with Gasteiger partial charge in [0.1, 0.15) is 0 Å². The van der Waals surface area contributed by atoms with Crippen molar-refractivity contribution < 1.29 is 9.59 Å². The monoisotopic (exact) mass is 329 g/mol. The molecule has 2 amide bonds. The molecule has 2 aromatic rings. The smallest absolute Gasteiger partial charge is 0.224 e. The maximum Gasteiger partial charge on any atom is 0.224 e. The summed E-state index contributed by atoms with van der Waals surface area (Å²) >= 11 is 0. The van der Waals surface area contributed by atoms with Crippen molar-refractivity contribution in [3.05, 3.63) is 36.0 Å². The van der Waals surface area contributed by atoms with Crippen LogP contribution in [0, 0.1) is 5.92 Å². The number of benzene rings is 1. The van der Waals surface area contributed by atoms with Gasteiger partial charge in [-0.05, 0) is 24.0 Å². The van der Waals surface area contributed by atoms with Gasteiger partial charge in [0.2, 0.25) is 11.8 Å². The van der Waals surface area contributed by atoms with Gasteiger partial charge >= 0.3 is 0 Å². The van der Waals surface area contributed by atoms with Crippen LogP contribution in [-0.2, 0) is 16.0 Å². The maximum atomic E-state index is 12.1. The zero-order valence-electron chi connectivity index (χ0n) is 14.8. The van der Waals surface area contributed by atoms with Gasteiger partial charge in [-0.2, -0.15) is 0 Å². The highest BCUT2D eigenvalue weighted by atomic mass is 16.2. The quantitative estimate of drug-likeness (QED) is 0.782. The van der Waals surface area contributed by atoms with Gasteiger partial charge in [0.15, 0.2) is 0 Å². The predicted molar refractivity (Wildman–Crippen MR) is 96.7 cm³/mol. The summed E-state index contributed by atoms with van der Waals surface area (Å²) in [4.78, 5) is 28.8. The zero-order chi connectivity index (χ0) is 17.5. The molecule has 5 nitrogen and oxygen atoms in total. The average molecular weight is 329 g/mol. The van der Waals surface area contributed by atoms with Gasteiger partial charge in [0, 0.05) is 43.7 Å². The molecule has 24 heavy (non-hydrogen) atoms.